The Morgan fingerprint density at radius 3 is 1.79 bits per heavy atom. The predicted octanol–water partition coefficient (Wildman–Crippen LogP) is 0.422. The number of esters is 1. The zero-order chi connectivity index (χ0) is 40.4. The number of hydrogen-bond acceptors (Lipinski definition) is 16. The van der Waals surface area contributed by atoms with Crippen molar-refractivity contribution in [3.05, 3.63) is 96.5 Å². The number of para-hydroxylation sites is 1. The number of aromatic nitrogens is 4. The van der Waals surface area contributed by atoms with Crippen LogP contribution in [0.3, 0.4) is 0 Å². The van der Waals surface area contributed by atoms with Crippen LogP contribution in [-0.2, 0) is 44.8 Å². The van der Waals surface area contributed by atoms with Crippen LogP contribution in [0.4, 0.5) is 0 Å². The molecule has 6 heterocycles. The van der Waals surface area contributed by atoms with E-state index in [1.807, 2.05) is 6.07 Å². The minimum atomic E-state index is -3.38. The quantitative estimate of drug-likeness (QED) is 0.107. The van der Waals surface area contributed by atoms with Crippen molar-refractivity contribution < 1.29 is 52.8 Å². The molecule has 4 saturated heterocycles. The van der Waals surface area contributed by atoms with E-state index >= 15 is 0 Å². The van der Waals surface area contributed by atoms with Crippen LogP contribution in [0, 0.1) is 0 Å². The molecule has 10 atom stereocenters. The average molecular weight is 858 g/mol. The zero-order valence-electron chi connectivity index (χ0n) is 30.5. The molecule has 4 aliphatic heterocycles. The summed E-state index contributed by atoms with van der Waals surface area (Å²) in [7, 11) is 0. The first-order valence-electron chi connectivity index (χ1n) is 17.8. The van der Waals surface area contributed by atoms with Gasteiger partial charge in [0.25, 0.3) is 11.1 Å². The summed E-state index contributed by atoms with van der Waals surface area (Å²) in [5.74, 6) is -0.104. The first kappa shape index (κ1) is 46.8. The van der Waals surface area contributed by atoms with Gasteiger partial charge in [-0.3, -0.25) is 33.5 Å². The van der Waals surface area contributed by atoms with Crippen molar-refractivity contribution in [2.45, 2.75) is 109 Å². The van der Waals surface area contributed by atoms with Gasteiger partial charge in [-0.25, -0.2) is 14.7 Å². The number of ether oxygens (including phenoxy) is 5. The second-order valence-electron chi connectivity index (χ2n) is 13.8. The highest BCUT2D eigenvalue weighted by molar-refractivity contribution is 8.09. The molecule has 0 radical (unpaired) electrons. The van der Waals surface area contributed by atoms with Crippen LogP contribution in [0.5, 0.6) is 5.75 Å². The Balaban J connectivity index is 0.000000298. The molecule has 58 heavy (non-hydrogen) atoms. The number of nitrogens with one attached hydrogen (secondary N) is 3. The third-order valence-electron chi connectivity index (χ3n) is 9.70. The van der Waals surface area contributed by atoms with Gasteiger partial charge in [-0.15, -0.1) is 0 Å². The van der Waals surface area contributed by atoms with Gasteiger partial charge in [0.2, 0.25) is 0 Å². The van der Waals surface area contributed by atoms with Crippen LogP contribution in [0.2, 0.25) is 0 Å². The van der Waals surface area contributed by atoms with Gasteiger partial charge in [-0.05, 0) is 44.7 Å². The molecule has 0 amide bonds. The molecular weight excluding hydrogens is 805 g/mol. The van der Waals surface area contributed by atoms with Crippen LogP contribution in [0.1, 0.15) is 60.9 Å². The molecule has 0 saturated carbocycles. The third-order valence-corrected chi connectivity index (χ3v) is 12.2. The van der Waals surface area contributed by atoms with Crippen molar-refractivity contribution in [1.82, 2.24) is 24.2 Å². The molecule has 1 aromatic carbocycles. The van der Waals surface area contributed by atoms with Crippen molar-refractivity contribution in [3.63, 3.8) is 0 Å². The van der Waals surface area contributed by atoms with Crippen molar-refractivity contribution in [1.29, 1.82) is 0 Å². The number of benzene rings is 1. The largest absolute Gasteiger partial charge is 0.462 e. The summed E-state index contributed by atoms with van der Waals surface area (Å²) in [5.41, 5.74) is -4.63. The van der Waals surface area contributed by atoms with Gasteiger partial charge >= 0.3 is 24.0 Å². The Morgan fingerprint density at radius 2 is 1.36 bits per heavy atom. The molecule has 4 fully saturated rings. The number of carbonyl (C=O) groups is 1. The Kier molecular flexibility index (Phi) is 15.4. The van der Waals surface area contributed by atoms with Crippen molar-refractivity contribution >= 4 is 24.4 Å². The van der Waals surface area contributed by atoms with Gasteiger partial charge in [0.05, 0.1) is 32.5 Å². The summed E-state index contributed by atoms with van der Waals surface area (Å²) in [6.45, 7) is 1.89. The van der Waals surface area contributed by atoms with Crippen LogP contribution < -0.4 is 32.1 Å². The Morgan fingerprint density at radius 1 is 0.879 bits per heavy atom. The number of carbonyl (C=O) groups excluding carboxylic acids is 1. The topological polar surface area (TPSA) is 264 Å². The lowest BCUT2D eigenvalue weighted by atomic mass is 9.86. The van der Waals surface area contributed by atoms with Crippen molar-refractivity contribution in [2.75, 3.05) is 26.4 Å². The zero-order valence-corrected chi connectivity index (χ0v) is 32.3. The fourth-order valence-electron chi connectivity index (χ4n) is 6.77. The lowest BCUT2D eigenvalue weighted by molar-refractivity contribution is -0.227. The van der Waals surface area contributed by atoms with Gasteiger partial charge in [-0.1, -0.05) is 33.1 Å². The van der Waals surface area contributed by atoms with E-state index in [-0.39, 0.29) is 34.2 Å². The van der Waals surface area contributed by atoms with E-state index in [1.54, 1.807) is 45.0 Å². The number of aromatic amines is 2. The van der Waals surface area contributed by atoms with Gasteiger partial charge in [-0.2, -0.15) is 0 Å². The lowest BCUT2D eigenvalue weighted by Crippen LogP contribution is -2.57. The number of hydrogen-bond donors (Lipinski definition) is 6. The van der Waals surface area contributed by atoms with Crippen LogP contribution >= 0.6 is 6.64 Å². The Hall–Kier alpha value is -3.86. The molecule has 2 spiro atoms. The fourth-order valence-corrected chi connectivity index (χ4v) is 9.19. The molecule has 6 N–H and O–H groups in total. The SMILES string of the molecule is C.C.CC(C)OC(=O)[C@H](C)NP(=S)(OC[C@H]1O[C@@H](n2ccc(=O)[nH]c2=O)[C@@]2(CCO2)[C@@H]1O)Oc1ccccc1.O=c1ccn([C@@H]2O[C@H](CO)[C@@H](O)[C@]23CCO3)c(=O)[nH]1. The van der Waals surface area contributed by atoms with E-state index < -0.39 is 89.2 Å². The molecular formula is C36H52N5O15PS. The number of H-pyrrole nitrogens is 2. The highest BCUT2D eigenvalue weighted by Crippen LogP contribution is 2.51. The molecule has 1 unspecified atom stereocenters. The number of rotatable bonds is 12. The van der Waals surface area contributed by atoms with E-state index in [4.69, 9.17) is 44.5 Å². The standard InChI is InChI=1S/C23H30N3O9PS.C11H14N2O6.2CH4/c1-14(2)33-20(29)15(3)25-36(37,35-16-7-5-4-6-8-16)32-13-17-19(28)23(10-12-31-23)21(34-17)26-11-9-18(27)24-22(26)30;14-5-6-8(16)11(2-4-18-11)9(19-6)13-3-1-7(15)12-10(13)17;;/h4-9,11,14-15,17,19,21,28H,10,12-13H2,1-3H3,(H,25,37)(H,24,27,30);1,3,6,8-9,14,16H,2,4-5H2,(H,12,15,17);2*1H4/t15-,17+,19+,21+,23+,36?;6-,8-,9-,11-;;/m01../s1. The monoisotopic (exact) mass is 857 g/mol. The summed E-state index contributed by atoms with van der Waals surface area (Å²) < 4.78 is 42.3. The maximum atomic E-state index is 12.4. The normalized spacial score (nSPS) is 29.8. The second kappa shape index (κ2) is 19.0. The summed E-state index contributed by atoms with van der Waals surface area (Å²) in [5, 5.41) is 33.4. The minimum Gasteiger partial charge on any atom is -0.462 e. The predicted molar refractivity (Wildman–Crippen MR) is 211 cm³/mol. The average Bonchev–Trinajstić information content (AvgIpc) is 3.58. The smallest absolute Gasteiger partial charge is 0.330 e. The first-order valence-corrected chi connectivity index (χ1v) is 20.4. The fraction of sp³-hybridized carbons (Fsp3) is 0.583. The molecule has 20 nitrogen and oxygen atoms in total. The van der Waals surface area contributed by atoms with E-state index in [1.165, 1.54) is 33.7 Å². The number of aliphatic hydroxyl groups is 3. The van der Waals surface area contributed by atoms with Gasteiger partial charge in [0, 0.05) is 37.4 Å². The highest BCUT2D eigenvalue weighted by Gasteiger charge is 2.63. The molecule has 3 aromatic rings. The van der Waals surface area contributed by atoms with Gasteiger partial charge in [0.1, 0.15) is 47.4 Å². The van der Waals surface area contributed by atoms with Crippen LogP contribution in [-0.4, -0.2) is 115 Å². The second-order valence-corrected chi connectivity index (χ2v) is 16.9. The van der Waals surface area contributed by atoms with E-state index in [2.05, 4.69) is 15.1 Å². The van der Waals surface area contributed by atoms with E-state index in [0.29, 0.717) is 31.8 Å². The molecule has 0 bridgehead atoms. The maximum absolute atomic E-state index is 12.4. The van der Waals surface area contributed by atoms with E-state index in [9.17, 15) is 39.3 Å². The van der Waals surface area contributed by atoms with Crippen molar-refractivity contribution in [2.24, 2.45) is 0 Å². The summed E-state index contributed by atoms with van der Waals surface area (Å²) >= 11 is 5.71. The van der Waals surface area contributed by atoms with Crippen LogP contribution in [0.25, 0.3) is 0 Å². The molecule has 22 heteroatoms. The van der Waals surface area contributed by atoms with Crippen molar-refractivity contribution in [3.8, 4) is 5.75 Å². The van der Waals surface area contributed by atoms with Crippen LogP contribution in [0.15, 0.2) is 74.0 Å². The molecule has 7 rings (SSSR count). The van der Waals surface area contributed by atoms with E-state index in [0.717, 1.165) is 0 Å². The summed E-state index contributed by atoms with van der Waals surface area (Å²) in [6.07, 6.45) is -2.63. The molecule has 4 aliphatic rings. The van der Waals surface area contributed by atoms with Gasteiger partial charge in [0.15, 0.2) is 12.5 Å². The lowest BCUT2D eigenvalue weighted by Gasteiger charge is -2.44. The molecule has 0 aliphatic carbocycles. The Labute approximate surface area is 338 Å². The highest BCUT2D eigenvalue weighted by atomic mass is 32.5. The Bertz CT molecular complexity index is 2140. The molecule has 2 aromatic heterocycles. The van der Waals surface area contributed by atoms with Gasteiger partial charge < -0.3 is 48.1 Å². The summed E-state index contributed by atoms with van der Waals surface area (Å²) in [4.78, 5) is 63.5. The number of aliphatic hydroxyl groups excluding tert-OH is 3. The molecule has 322 valence electrons. The first-order chi connectivity index (χ1) is 26.6. The third kappa shape index (κ3) is 9.45. The number of nitrogens with zero attached hydrogens (tertiary/aromatic N) is 2. The summed E-state index contributed by atoms with van der Waals surface area (Å²) in [6, 6.07) is 10.3. The maximum Gasteiger partial charge on any atom is 0.330 e. The minimum absolute atomic E-state index is 0.